The first-order valence-corrected chi connectivity index (χ1v) is 10.9. The summed E-state index contributed by atoms with van der Waals surface area (Å²) < 4.78 is 1.77. The molecule has 3 rings (SSSR count). The van der Waals surface area contributed by atoms with E-state index < -0.39 is 0 Å². The van der Waals surface area contributed by atoms with Crippen molar-refractivity contribution in [2.24, 2.45) is 0 Å². The number of halogens is 1. The number of para-hydroxylation sites is 1. The first kappa shape index (κ1) is 22.6. The molecule has 31 heavy (non-hydrogen) atoms. The van der Waals surface area contributed by atoms with Crippen molar-refractivity contribution < 1.29 is 9.59 Å². The molecule has 0 aliphatic rings. The fourth-order valence-corrected chi connectivity index (χ4v) is 3.77. The summed E-state index contributed by atoms with van der Waals surface area (Å²) in [6, 6.07) is 14.6. The number of aromatic nitrogens is 3. The molecule has 160 valence electrons. The normalized spacial score (nSPS) is 10.5. The van der Waals surface area contributed by atoms with Gasteiger partial charge in [-0.25, -0.2) is 0 Å². The summed E-state index contributed by atoms with van der Waals surface area (Å²) in [7, 11) is 0. The molecule has 0 atom stereocenters. The average molecular weight is 456 g/mol. The lowest BCUT2D eigenvalue weighted by atomic mass is 10.2. The van der Waals surface area contributed by atoms with Crippen molar-refractivity contribution in [3.63, 3.8) is 0 Å². The number of carbonyl (C=O) groups excluding carboxylic acids is 2. The molecule has 0 saturated heterocycles. The molecule has 0 fully saturated rings. The zero-order valence-corrected chi connectivity index (χ0v) is 18.5. The highest BCUT2D eigenvalue weighted by molar-refractivity contribution is 7.99. The Labute approximate surface area is 189 Å². The van der Waals surface area contributed by atoms with E-state index in [1.54, 1.807) is 34.9 Å². The summed E-state index contributed by atoms with van der Waals surface area (Å²) in [5.74, 6) is 0.205. The van der Waals surface area contributed by atoms with Crippen molar-refractivity contribution in [2.75, 3.05) is 16.4 Å². The van der Waals surface area contributed by atoms with Crippen LogP contribution in [0.25, 0.3) is 0 Å². The SMILES string of the molecule is C=CCn1c(CC(=O)Nc2cccc(C)c2)nnc1SCC(=O)Nc1ccccc1Cl. The monoisotopic (exact) mass is 455 g/mol. The summed E-state index contributed by atoms with van der Waals surface area (Å²) in [6.07, 6.45) is 1.75. The van der Waals surface area contributed by atoms with Gasteiger partial charge in [-0.05, 0) is 36.8 Å². The van der Waals surface area contributed by atoms with E-state index >= 15 is 0 Å². The second kappa shape index (κ2) is 10.8. The zero-order valence-electron chi connectivity index (χ0n) is 17.0. The van der Waals surface area contributed by atoms with E-state index in [-0.39, 0.29) is 24.0 Å². The van der Waals surface area contributed by atoms with Crippen LogP contribution in [0.1, 0.15) is 11.4 Å². The number of thioether (sulfide) groups is 1. The maximum Gasteiger partial charge on any atom is 0.234 e. The molecule has 0 unspecified atom stereocenters. The smallest absolute Gasteiger partial charge is 0.234 e. The van der Waals surface area contributed by atoms with E-state index in [2.05, 4.69) is 27.4 Å². The van der Waals surface area contributed by atoms with Crippen LogP contribution in [0.15, 0.2) is 66.3 Å². The van der Waals surface area contributed by atoms with Crippen molar-refractivity contribution in [2.45, 2.75) is 25.0 Å². The van der Waals surface area contributed by atoms with Gasteiger partial charge in [-0.15, -0.1) is 16.8 Å². The van der Waals surface area contributed by atoms with Gasteiger partial charge < -0.3 is 15.2 Å². The fraction of sp³-hybridized carbons (Fsp3) is 0.182. The molecule has 7 nitrogen and oxygen atoms in total. The second-order valence-electron chi connectivity index (χ2n) is 6.71. The van der Waals surface area contributed by atoms with Crippen LogP contribution in [0.3, 0.4) is 0 Å². The highest BCUT2D eigenvalue weighted by Gasteiger charge is 2.16. The quantitative estimate of drug-likeness (QED) is 0.370. The molecule has 2 amide bonds. The number of aryl methyl sites for hydroxylation is 1. The molecule has 0 spiro atoms. The maximum atomic E-state index is 12.5. The van der Waals surface area contributed by atoms with Crippen LogP contribution in [0.5, 0.6) is 0 Å². The van der Waals surface area contributed by atoms with Crippen LogP contribution in [0.4, 0.5) is 11.4 Å². The number of amides is 2. The third kappa shape index (κ3) is 6.44. The van der Waals surface area contributed by atoms with Crippen LogP contribution >= 0.6 is 23.4 Å². The minimum atomic E-state index is -0.218. The van der Waals surface area contributed by atoms with Gasteiger partial charge >= 0.3 is 0 Å². The summed E-state index contributed by atoms with van der Waals surface area (Å²) in [6.45, 7) is 6.14. The number of benzene rings is 2. The molecule has 0 saturated carbocycles. The van der Waals surface area contributed by atoms with Gasteiger partial charge in [0.25, 0.3) is 0 Å². The lowest BCUT2D eigenvalue weighted by Gasteiger charge is -2.09. The summed E-state index contributed by atoms with van der Waals surface area (Å²) >= 11 is 7.30. The number of allylic oxidation sites excluding steroid dienone is 1. The molecule has 9 heteroatoms. The van der Waals surface area contributed by atoms with Crippen molar-refractivity contribution in [3.8, 4) is 0 Å². The molecule has 3 aromatic rings. The number of hydrogen-bond acceptors (Lipinski definition) is 5. The summed E-state index contributed by atoms with van der Waals surface area (Å²) in [4.78, 5) is 24.7. The summed E-state index contributed by atoms with van der Waals surface area (Å²) in [5, 5.41) is 14.9. The van der Waals surface area contributed by atoms with E-state index in [4.69, 9.17) is 11.6 Å². The topological polar surface area (TPSA) is 88.9 Å². The lowest BCUT2D eigenvalue weighted by Crippen LogP contribution is -2.18. The maximum absolute atomic E-state index is 12.5. The minimum Gasteiger partial charge on any atom is -0.326 e. The molecule has 0 aliphatic heterocycles. The number of anilines is 2. The Bertz CT molecular complexity index is 1100. The standard InChI is InChI=1S/C22H22ClN5O2S/c1-3-11-28-19(13-20(29)24-16-8-6-7-15(2)12-16)26-27-22(28)31-14-21(30)25-18-10-5-4-9-17(18)23/h3-10,12H,1,11,13-14H2,2H3,(H,24,29)(H,25,30). The number of nitrogens with zero attached hydrogens (tertiary/aromatic N) is 3. The van der Waals surface area contributed by atoms with Crippen LogP contribution in [0, 0.1) is 6.92 Å². The number of carbonyl (C=O) groups is 2. The van der Waals surface area contributed by atoms with Gasteiger partial charge in [-0.3, -0.25) is 9.59 Å². The predicted octanol–water partition coefficient (Wildman–Crippen LogP) is 4.34. The van der Waals surface area contributed by atoms with E-state index in [1.165, 1.54) is 11.8 Å². The molecular weight excluding hydrogens is 434 g/mol. The Morgan fingerprint density at radius 3 is 2.68 bits per heavy atom. The summed E-state index contributed by atoms with van der Waals surface area (Å²) in [5.41, 5.74) is 2.34. The third-order valence-electron chi connectivity index (χ3n) is 4.21. The molecule has 0 aliphatic carbocycles. The molecule has 1 aromatic heterocycles. The molecule has 0 radical (unpaired) electrons. The molecular formula is C22H22ClN5O2S. The minimum absolute atomic E-state index is 0.0567. The zero-order chi connectivity index (χ0) is 22.2. The van der Waals surface area contributed by atoms with Gasteiger partial charge in [0.1, 0.15) is 5.82 Å². The van der Waals surface area contributed by atoms with Crippen LogP contribution in [-0.2, 0) is 22.6 Å². The molecule has 2 N–H and O–H groups in total. The lowest BCUT2D eigenvalue weighted by molar-refractivity contribution is -0.116. The largest absolute Gasteiger partial charge is 0.326 e. The van der Waals surface area contributed by atoms with Crippen molar-refractivity contribution >= 4 is 46.6 Å². The number of rotatable bonds is 9. The van der Waals surface area contributed by atoms with Gasteiger partial charge in [-0.2, -0.15) is 0 Å². The van der Waals surface area contributed by atoms with Crippen LogP contribution in [-0.4, -0.2) is 32.3 Å². The Balaban J connectivity index is 1.62. The third-order valence-corrected chi connectivity index (χ3v) is 5.50. The van der Waals surface area contributed by atoms with Gasteiger partial charge in [-0.1, -0.05) is 53.7 Å². The molecule has 2 aromatic carbocycles. The van der Waals surface area contributed by atoms with Crippen LogP contribution in [0.2, 0.25) is 5.02 Å². The van der Waals surface area contributed by atoms with Gasteiger partial charge in [0.15, 0.2) is 5.16 Å². The van der Waals surface area contributed by atoms with Crippen molar-refractivity contribution in [1.29, 1.82) is 0 Å². The van der Waals surface area contributed by atoms with E-state index in [1.807, 2.05) is 31.2 Å². The number of hydrogen-bond donors (Lipinski definition) is 2. The first-order chi connectivity index (χ1) is 15.0. The second-order valence-corrected chi connectivity index (χ2v) is 8.06. The van der Waals surface area contributed by atoms with Gasteiger partial charge in [0, 0.05) is 12.2 Å². The first-order valence-electron chi connectivity index (χ1n) is 9.53. The van der Waals surface area contributed by atoms with Gasteiger partial charge in [0.05, 0.1) is 22.9 Å². The van der Waals surface area contributed by atoms with E-state index in [0.29, 0.717) is 28.2 Å². The average Bonchev–Trinajstić information content (AvgIpc) is 3.10. The Morgan fingerprint density at radius 2 is 1.94 bits per heavy atom. The van der Waals surface area contributed by atoms with Crippen molar-refractivity contribution in [3.05, 3.63) is 77.6 Å². The van der Waals surface area contributed by atoms with Crippen LogP contribution < -0.4 is 10.6 Å². The molecule has 1 heterocycles. The predicted molar refractivity (Wildman–Crippen MR) is 125 cm³/mol. The van der Waals surface area contributed by atoms with Gasteiger partial charge in [0.2, 0.25) is 11.8 Å². The number of nitrogens with one attached hydrogen (secondary N) is 2. The fourth-order valence-electron chi connectivity index (χ4n) is 2.82. The Morgan fingerprint density at radius 1 is 1.13 bits per heavy atom. The van der Waals surface area contributed by atoms with E-state index in [0.717, 1.165) is 11.3 Å². The highest BCUT2D eigenvalue weighted by Crippen LogP contribution is 2.22. The highest BCUT2D eigenvalue weighted by atomic mass is 35.5. The molecule has 0 bridgehead atoms. The Kier molecular flexibility index (Phi) is 7.86. The van der Waals surface area contributed by atoms with Crippen molar-refractivity contribution in [1.82, 2.24) is 14.8 Å². The Hall–Kier alpha value is -3.10. The van der Waals surface area contributed by atoms with E-state index in [9.17, 15) is 9.59 Å².